The lowest BCUT2D eigenvalue weighted by Gasteiger charge is -2.12. The van der Waals surface area contributed by atoms with E-state index in [2.05, 4.69) is 18.2 Å². The number of thiophene rings is 1. The Bertz CT molecular complexity index is 764. The SMILES string of the molecule is COc1cc(Cl)c(C(Cl)c2cc3ccccc3s2)cc1Cl. The van der Waals surface area contributed by atoms with Crippen LogP contribution >= 0.6 is 46.1 Å². The van der Waals surface area contributed by atoms with Gasteiger partial charge in [0.25, 0.3) is 0 Å². The molecule has 0 saturated carbocycles. The molecule has 5 heteroatoms. The number of ether oxygens (including phenoxy) is 1. The van der Waals surface area contributed by atoms with E-state index in [-0.39, 0.29) is 5.38 Å². The van der Waals surface area contributed by atoms with Crippen LogP contribution in [0.1, 0.15) is 15.8 Å². The Labute approximate surface area is 142 Å². The quantitative estimate of drug-likeness (QED) is 0.483. The zero-order valence-corrected chi connectivity index (χ0v) is 14.2. The molecule has 0 radical (unpaired) electrons. The average molecular weight is 358 g/mol. The fourth-order valence-electron chi connectivity index (χ4n) is 2.18. The van der Waals surface area contributed by atoms with Gasteiger partial charge in [0.05, 0.1) is 17.5 Å². The minimum atomic E-state index is -0.335. The van der Waals surface area contributed by atoms with Crippen molar-refractivity contribution < 1.29 is 4.74 Å². The summed E-state index contributed by atoms with van der Waals surface area (Å²) < 4.78 is 6.36. The third-order valence-electron chi connectivity index (χ3n) is 3.24. The number of hydrogen-bond donors (Lipinski definition) is 0. The second-order valence-corrected chi connectivity index (χ2v) is 6.92. The van der Waals surface area contributed by atoms with Gasteiger partial charge in [-0.3, -0.25) is 0 Å². The normalized spacial score (nSPS) is 12.6. The van der Waals surface area contributed by atoms with Gasteiger partial charge in [-0.2, -0.15) is 0 Å². The van der Waals surface area contributed by atoms with E-state index >= 15 is 0 Å². The van der Waals surface area contributed by atoms with Gasteiger partial charge in [-0.05, 0) is 29.1 Å². The lowest BCUT2D eigenvalue weighted by atomic mass is 10.1. The summed E-state index contributed by atoms with van der Waals surface area (Å²) in [5.41, 5.74) is 0.788. The van der Waals surface area contributed by atoms with Crippen LogP contribution in [0.2, 0.25) is 10.0 Å². The molecular weight excluding hydrogens is 347 g/mol. The van der Waals surface area contributed by atoms with Gasteiger partial charge in [0.2, 0.25) is 0 Å². The number of benzene rings is 2. The van der Waals surface area contributed by atoms with Crippen LogP contribution in [-0.2, 0) is 0 Å². The molecule has 0 spiro atoms. The second-order valence-electron chi connectivity index (χ2n) is 4.56. The third-order valence-corrected chi connectivity index (χ3v) is 5.64. The van der Waals surface area contributed by atoms with E-state index in [1.54, 1.807) is 30.6 Å². The molecule has 2 aromatic carbocycles. The maximum Gasteiger partial charge on any atom is 0.138 e. The summed E-state index contributed by atoms with van der Waals surface area (Å²) in [5, 5.41) is 1.90. The Morgan fingerprint density at radius 3 is 2.52 bits per heavy atom. The molecule has 1 atom stereocenters. The molecule has 0 aliphatic heterocycles. The summed E-state index contributed by atoms with van der Waals surface area (Å²) in [4.78, 5) is 1.04. The van der Waals surface area contributed by atoms with Crippen LogP contribution in [-0.4, -0.2) is 7.11 Å². The summed E-state index contributed by atoms with van der Waals surface area (Å²) in [6.07, 6.45) is 0. The molecule has 3 aromatic rings. The second kappa shape index (κ2) is 6.05. The number of rotatable bonds is 3. The number of hydrogen-bond acceptors (Lipinski definition) is 2. The van der Waals surface area contributed by atoms with Gasteiger partial charge in [0.1, 0.15) is 5.75 Å². The highest BCUT2D eigenvalue weighted by molar-refractivity contribution is 7.19. The predicted molar refractivity (Wildman–Crippen MR) is 92.5 cm³/mol. The molecule has 0 N–H and O–H groups in total. The van der Waals surface area contributed by atoms with Crippen LogP contribution in [0.15, 0.2) is 42.5 Å². The summed E-state index contributed by atoms with van der Waals surface area (Å²) in [5.74, 6) is 0.547. The van der Waals surface area contributed by atoms with Crippen molar-refractivity contribution >= 4 is 56.2 Å². The lowest BCUT2D eigenvalue weighted by molar-refractivity contribution is 0.415. The number of methoxy groups -OCH3 is 1. The van der Waals surface area contributed by atoms with Crippen molar-refractivity contribution in [2.75, 3.05) is 7.11 Å². The van der Waals surface area contributed by atoms with Gasteiger partial charge >= 0.3 is 0 Å². The molecule has 1 nitrogen and oxygen atoms in total. The van der Waals surface area contributed by atoms with E-state index in [0.717, 1.165) is 10.4 Å². The molecule has 0 aliphatic rings. The molecule has 1 heterocycles. The molecule has 21 heavy (non-hydrogen) atoms. The predicted octanol–water partition coefficient (Wildman–Crippen LogP) is 6.54. The highest BCUT2D eigenvalue weighted by Crippen LogP contribution is 2.42. The lowest BCUT2D eigenvalue weighted by Crippen LogP contribution is -1.94. The summed E-state index contributed by atoms with van der Waals surface area (Å²) in [7, 11) is 1.56. The first kappa shape index (κ1) is 15.0. The highest BCUT2D eigenvalue weighted by Gasteiger charge is 2.19. The van der Waals surface area contributed by atoms with Gasteiger partial charge in [-0.25, -0.2) is 0 Å². The Hall–Kier alpha value is -0.930. The van der Waals surface area contributed by atoms with Gasteiger partial charge in [0.15, 0.2) is 0 Å². The van der Waals surface area contributed by atoms with Crippen molar-refractivity contribution in [3.05, 3.63) is 63.0 Å². The van der Waals surface area contributed by atoms with E-state index in [1.165, 1.54) is 10.1 Å². The molecule has 0 aliphatic carbocycles. The number of alkyl halides is 1. The standard InChI is InChI=1S/C16H11Cl3OS/c1-20-13-8-11(17)10(7-12(13)18)16(19)15-6-9-4-2-3-5-14(9)21-15/h2-8,16H,1H3. The zero-order chi connectivity index (χ0) is 15.0. The first-order chi connectivity index (χ1) is 10.1. The number of fused-ring (bicyclic) bond motifs is 1. The average Bonchev–Trinajstić information content (AvgIpc) is 2.92. The first-order valence-corrected chi connectivity index (χ1v) is 8.26. The van der Waals surface area contributed by atoms with Crippen LogP contribution in [0, 0.1) is 0 Å². The summed E-state index contributed by atoms with van der Waals surface area (Å²) in [6.45, 7) is 0. The minimum Gasteiger partial charge on any atom is -0.495 e. The molecule has 0 amide bonds. The summed E-state index contributed by atoms with van der Waals surface area (Å²) in [6, 6.07) is 13.7. The van der Waals surface area contributed by atoms with E-state index in [9.17, 15) is 0 Å². The monoisotopic (exact) mass is 356 g/mol. The van der Waals surface area contributed by atoms with Crippen molar-refractivity contribution in [2.24, 2.45) is 0 Å². The Balaban J connectivity index is 2.05. The molecule has 1 aromatic heterocycles. The van der Waals surface area contributed by atoms with Gasteiger partial charge < -0.3 is 4.74 Å². The van der Waals surface area contributed by atoms with E-state index in [0.29, 0.717) is 15.8 Å². The van der Waals surface area contributed by atoms with Crippen LogP contribution in [0.5, 0.6) is 5.75 Å². The van der Waals surface area contributed by atoms with E-state index < -0.39 is 0 Å². The molecule has 0 fully saturated rings. The van der Waals surface area contributed by atoms with Gasteiger partial charge in [-0.15, -0.1) is 22.9 Å². The molecule has 0 bridgehead atoms. The first-order valence-electron chi connectivity index (χ1n) is 6.25. The van der Waals surface area contributed by atoms with E-state index in [4.69, 9.17) is 39.5 Å². The Morgan fingerprint density at radius 1 is 1.05 bits per heavy atom. The minimum absolute atomic E-state index is 0.335. The fourth-order valence-corrected chi connectivity index (χ4v) is 4.18. The number of halogens is 3. The van der Waals surface area contributed by atoms with Gasteiger partial charge in [0, 0.05) is 20.7 Å². The zero-order valence-electron chi connectivity index (χ0n) is 11.1. The van der Waals surface area contributed by atoms with Crippen molar-refractivity contribution in [3.8, 4) is 5.75 Å². The summed E-state index contributed by atoms with van der Waals surface area (Å²) >= 11 is 20.7. The molecule has 3 rings (SSSR count). The van der Waals surface area contributed by atoms with Crippen molar-refractivity contribution in [1.29, 1.82) is 0 Å². The van der Waals surface area contributed by atoms with Crippen molar-refractivity contribution in [3.63, 3.8) is 0 Å². The maximum absolute atomic E-state index is 6.60. The molecule has 1 unspecified atom stereocenters. The van der Waals surface area contributed by atoms with Crippen LogP contribution in [0.3, 0.4) is 0 Å². The smallest absolute Gasteiger partial charge is 0.138 e. The van der Waals surface area contributed by atoms with E-state index in [1.807, 2.05) is 12.1 Å². The van der Waals surface area contributed by atoms with Crippen LogP contribution in [0.4, 0.5) is 0 Å². The van der Waals surface area contributed by atoms with Gasteiger partial charge in [-0.1, -0.05) is 41.4 Å². The van der Waals surface area contributed by atoms with Crippen LogP contribution < -0.4 is 4.74 Å². The maximum atomic E-state index is 6.60. The Morgan fingerprint density at radius 2 is 1.81 bits per heavy atom. The van der Waals surface area contributed by atoms with Crippen molar-refractivity contribution in [2.45, 2.75) is 5.38 Å². The largest absolute Gasteiger partial charge is 0.495 e. The highest BCUT2D eigenvalue weighted by atomic mass is 35.5. The topological polar surface area (TPSA) is 9.23 Å². The van der Waals surface area contributed by atoms with Crippen LogP contribution in [0.25, 0.3) is 10.1 Å². The third kappa shape index (κ3) is 2.86. The molecule has 0 saturated heterocycles. The fraction of sp³-hybridized carbons (Fsp3) is 0.125. The molecular formula is C16H11Cl3OS. The Kier molecular flexibility index (Phi) is 4.32. The van der Waals surface area contributed by atoms with Crippen molar-refractivity contribution in [1.82, 2.24) is 0 Å². The molecule has 108 valence electrons.